The van der Waals surface area contributed by atoms with Crippen LogP contribution in [0.3, 0.4) is 0 Å². The van der Waals surface area contributed by atoms with Crippen LogP contribution >= 0.6 is 11.8 Å². The largest absolute Gasteiger partial charge is 0.326 e. The van der Waals surface area contributed by atoms with Crippen molar-refractivity contribution in [1.29, 1.82) is 0 Å². The van der Waals surface area contributed by atoms with Crippen molar-refractivity contribution in [3.05, 3.63) is 29.8 Å². The molecule has 0 radical (unpaired) electrons. The maximum Gasteiger partial charge on any atom is 0.240 e. The highest BCUT2D eigenvalue weighted by molar-refractivity contribution is 8.15. The number of anilines is 1. The van der Waals surface area contributed by atoms with E-state index in [-0.39, 0.29) is 24.0 Å². The normalized spacial score (nSPS) is 22.0. The van der Waals surface area contributed by atoms with Crippen LogP contribution < -0.4 is 10.6 Å². The van der Waals surface area contributed by atoms with Gasteiger partial charge >= 0.3 is 0 Å². The molecule has 0 aromatic heterocycles. The Labute approximate surface area is 138 Å². The molecule has 1 unspecified atom stereocenters. The minimum absolute atomic E-state index is 0.0237. The lowest BCUT2D eigenvalue weighted by molar-refractivity contribution is -0.122. The predicted molar refractivity (Wildman–Crippen MR) is 89.7 cm³/mol. The van der Waals surface area contributed by atoms with E-state index < -0.39 is 5.25 Å². The maximum atomic E-state index is 12.1. The molecular weight excluding hydrogens is 314 g/mol. The number of thioether (sulfide) groups is 1. The molecule has 120 valence electrons. The summed E-state index contributed by atoms with van der Waals surface area (Å²) in [6, 6.07) is 7.02. The molecule has 1 saturated carbocycles. The van der Waals surface area contributed by atoms with E-state index in [1.54, 1.807) is 24.3 Å². The second-order valence-corrected chi connectivity index (χ2v) is 6.84. The Morgan fingerprint density at radius 3 is 2.61 bits per heavy atom. The van der Waals surface area contributed by atoms with Gasteiger partial charge in [0, 0.05) is 17.7 Å². The smallest absolute Gasteiger partial charge is 0.240 e. The number of benzene rings is 1. The number of carbonyl (C=O) groups is 3. The van der Waals surface area contributed by atoms with E-state index in [9.17, 15) is 14.4 Å². The summed E-state index contributed by atoms with van der Waals surface area (Å²) in [5.74, 6) is -0.429. The van der Waals surface area contributed by atoms with Crippen LogP contribution in [0.5, 0.6) is 0 Å². The molecule has 1 aliphatic carbocycles. The number of hydrogen-bond acceptors (Lipinski definition) is 5. The molecular formula is C16H17N3O3S. The first-order chi connectivity index (χ1) is 11.0. The van der Waals surface area contributed by atoms with Crippen LogP contribution in [0.1, 0.15) is 36.5 Å². The molecule has 1 aliphatic heterocycles. The second-order valence-electron chi connectivity index (χ2n) is 5.65. The molecule has 7 heteroatoms. The van der Waals surface area contributed by atoms with E-state index in [0.29, 0.717) is 22.5 Å². The molecule has 1 saturated heterocycles. The van der Waals surface area contributed by atoms with Crippen molar-refractivity contribution in [2.24, 2.45) is 4.99 Å². The summed E-state index contributed by atoms with van der Waals surface area (Å²) in [5.41, 5.74) is 1.20. The zero-order valence-corrected chi connectivity index (χ0v) is 13.5. The first kappa shape index (κ1) is 15.7. The number of ketones is 1. The Morgan fingerprint density at radius 1 is 1.30 bits per heavy atom. The van der Waals surface area contributed by atoms with Crippen molar-refractivity contribution in [3.63, 3.8) is 0 Å². The SMILES string of the molecule is CC(=O)c1ccc(NC(=O)CC2SC(=NC3CC3)NC2=O)cc1. The Hall–Kier alpha value is -2.15. The zero-order valence-electron chi connectivity index (χ0n) is 12.7. The molecule has 2 amide bonds. The lowest BCUT2D eigenvalue weighted by Crippen LogP contribution is -2.28. The Kier molecular flexibility index (Phi) is 4.47. The minimum atomic E-state index is -0.441. The summed E-state index contributed by atoms with van der Waals surface area (Å²) in [4.78, 5) is 39.5. The van der Waals surface area contributed by atoms with Crippen LogP contribution in [0.4, 0.5) is 5.69 Å². The molecule has 0 spiro atoms. The third-order valence-corrected chi connectivity index (χ3v) is 4.67. The van der Waals surface area contributed by atoms with Gasteiger partial charge in [-0.3, -0.25) is 19.4 Å². The lowest BCUT2D eigenvalue weighted by Gasteiger charge is -2.07. The van der Waals surface area contributed by atoms with E-state index in [1.807, 2.05) is 0 Å². The zero-order chi connectivity index (χ0) is 16.4. The predicted octanol–water partition coefficient (Wildman–Crippen LogP) is 1.97. The third-order valence-electron chi connectivity index (χ3n) is 3.57. The van der Waals surface area contributed by atoms with Crippen LogP contribution in [0, 0.1) is 0 Å². The van der Waals surface area contributed by atoms with Gasteiger partial charge in [-0.1, -0.05) is 11.8 Å². The van der Waals surface area contributed by atoms with Crippen molar-refractivity contribution in [2.45, 2.75) is 37.5 Å². The minimum Gasteiger partial charge on any atom is -0.326 e. The molecule has 3 rings (SSSR count). The molecule has 23 heavy (non-hydrogen) atoms. The molecule has 1 aromatic rings. The number of aliphatic imine (C=N–C) groups is 1. The van der Waals surface area contributed by atoms with Crippen LogP contribution in [-0.4, -0.2) is 34.1 Å². The van der Waals surface area contributed by atoms with Gasteiger partial charge in [0.2, 0.25) is 11.8 Å². The fourth-order valence-electron chi connectivity index (χ4n) is 2.14. The van der Waals surface area contributed by atoms with Crippen molar-refractivity contribution in [2.75, 3.05) is 5.32 Å². The van der Waals surface area contributed by atoms with Crippen LogP contribution in [-0.2, 0) is 9.59 Å². The van der Waals surface area contributed by atoms with E-state index in [4.69, 9.17) is 0 Å². The van der Waals surface area contributed by atoms with Crippen LogP contribution in [0.15, 0.2) is 29.3 Å². The Balaban J connectivity index is 1.54. The average molecular weight is 331 g/mol. The highest BCUT2D eigenvalue weighted by Crippen LogP contribution is 2.29. The third kappa shape index (κ3) is 4.19. The number of amidine groups is 1. The molecule has 1 aromatic carbocycles. The lowest BCUT2D eigenvalue weighted by atomic mass is 10.1. The first-order valence-electron chi connectivity index (χ1n) is 7.47. The first-order valence-corrected chi connectivity index (χ1v) is 8.35. The van der Waals surface area contributed by atoms with Gasteiger partial charge in [-0.2, -0.15) is 0 Å². The number of Topliss-reactive ketones (excluding diaryl/α,β-unsaturated/α-hetero) is 1. The second kappa shape index (κ2) is 6.54. The average Bonchev–Trinajstić information content (AvgIpc) is 3.24. The molecule has 0 bridgehead atoms. The van der Waals surface area contributed by atoms with Gasteiger partial charge in [0.15, 0.2) is 11.0 Å². The van der Waals surface area contributed by atoms with E-state index in [0.717, 1.165) is 12.8 Å². The number of nitrogens with one attached hydrogen (secondary N) is 2. The van der Waals surface area contributed by atoms with Gasteiger partial charge in [0.05, 0.1) is 6.04 Å². The van der Waals surface area contributed by atoms with Crippen molar-refractivity contribution in [3.8, 4) is 0 Å². The van der Waals surface area contributed by atoms with Crippen LogP contribution in [0.25, 0.3) is 0 Å². The molecule has 2 aliphatic rings. The highest BCUT2D eigenvalue weighted by Gasteiger charge is 2.33. The molecule has 1 heterocycles. The fraction of sp³-hybridized carbons (Fsp3) is 0.375. The van der Waals surface area contributed by atoms with E-state index in [2.05, 4.69) is 15.6 Å². The van der Waals surface area contributed by atoms with Crippen molar-refractivity contribution in [1.82, 2.24) is 5.32 Å². The monoisotopic (exact) mass is 331 g/mol. The van der Waals surface area contributed by atoms with Crippen LogP contribution in [0.2, 0.25) is 0 Å². The van der Waals surface area contributed by atoms with Gasteiger partial charge in [0.1, 0.15) is 5.25 Å². The number of carbonyl (C=O) groups excluding carboxylic acids is 3. The Bertz CT molecular complexity index is 680. The summed E-state index contributed by atoms with van der Waals surface area (Å²) in [6.45, 7) is 1.49. The number of amides is 2. The maximum absolute atomic E-state index is 12.1. The van der Waals surface area contributed by atoms with E-state index in [1.165, 1.54) is 18.7 Å². The summed E-state index contributed by atoms with van der Waals surface area (Å²) >= 11 is 1.32. The number of hydrogen-bond donors (Lipinski definition) is 2. The number of nitrogens with zero attached hydrogens (tertiary/aromatic N) is 1. The quantitative estimate of drug-likeness (QED) is 0.808. The molecule has 2 N–H and O–H groups in total. The molecule has 6 nitrogen and oxygen atoms in total. The fourth-order valence-corrected chi connectivity index (χ4v) is 3.18. The highest BCUT2D eigenvalue weighted by atomic mass is 32.2. The number of rotatable bonds is 5. The summed E-state index contributed by atoms with van der Waals surface area (Å²) in [5, 5.41) is 5.65. The van der Waals surface area contributed by atoms with Gasteiger partial charge < -0.3 is 10.6 Å². The molecule has 2 fully saturated rings. The standard InChI is InChI=1S/C16H17N3O3S/c1-9(20)10-2-4-11(5-3-10)17-14(21)8-13-15(22)19-16(23-13)18-12-6-7-12/h2-5,12-13H,6-8H2,1H3,(H,17,21)(H,18,19,22). The van der Waals surface area contributed by atoms with Crippen molar-refractivity contribution < 1.29 is 14.4 Å². The van der Waals surface area contributed by atoms with Gasteiger partial charge in [-0.05, 0) is 44.0 Å². The van der Waals surface area contributed by atoms with Gasteiger partial charge in [-0.15, -0.1) is 0 Å². The van der Waals surface area contributed by atoms with Gasteiger partial charge in [-0.25, -0.2) is 0 Å². The Morgan fingerprint density at radius 2 is 2.00 bits per heavy atom. The summed E-state index contributed by atoms with van der Waals surface area (Å²) in [7, 11) is 0. The van der Waals surface area contributed by atoms with Crippen molar-refractivity contribution >= 4 is 40.2 Å². The van der Waals surface area contributed by atoms with Gasteiger partial charge in [0.25, 0.3) is 0 Å². The summed E-state index contributed by atoms with van der Waals surface area (Å²) < 4.78 is 0. The molecule has 1 atom stereocenters. The summed E-state index contributed by atoms with van der Waals surface area (Å²) in [6.07, 6.45) is 2.23. The topological polar surface area (TPSA) is 87.6 Å². The van der Waals surface area contributed by atoms with E-state index >= 15 is 0 Å².